The molecule has 0 aromatic heterocycles. The lowest BCUT2D eigenvalue weighted by molar-refractivity contribution is 0.0710. The molecule has 0 bridgehead atoms. The third-order valence-electron chi connectivity index (χ3n) is 2.92. The molecular weight excluding hydrogens is 252 g/mol. The summed E-state index contributed by atoms with van der Waals surface area (Å²) in [6, 6.07) is 5.52. The Kier molecular flexibility index (Phi) is 6.78. The van der Waals surface area contributed by atoms with Crippen LogP contribution in [0.25, 0.3) is 0 Å². The van der Waals surface area contributed by atoms with Crippen LogP contribution in [0, 0.1) is 18.8 Å². The lowest BCUT2D eigenvalue weighted by atomic mass is 10.0. The number of amides is 1. The molecule has 0 radical (unpaired) electrons. The number of benzene rings is 1. The van der Waals surface area contributed by atoms with E-state index in [4.69, 9.17) is 10.5 Å². The quantitative estimate of drug-likeness (QED) is 0.652. The number of nitrogens with zero attached hydrogens (tertiary/aromatic N) is 1. The summed E-state index contributed by atoms with van der Waals surface area (Å²) < 4.78 is 5.25. The van der Waals surface area contributed by atoms with Gasteiger partial charge in [-0.25, -0.2) is 0 Å². The number of hydrogen-bond donors (Lipinski definition) is 1. The summed E-state index contributed by atoms with van der Waals surface area (Å²) >= 11 is 0. The van der Waals surface area contributed by atoms with Crippen LogP contribution in [0.2, 0.25) is 0 Å². The first-order valence-electron chi connectivity index (χ1n) is 6.73. The SMILES string of the molecule is CCOCCN(C)C(=O)c1ccc(C#CCN)c(C)c1. The smallest absolute Gasteiger partial charge is 0.253 e. The summed E-state index contributed by atoms with van der Waals surface area (Å²) in [7, 11) is 1.78. The molecule has 1 rings (SSSR count). The van der Waals surface area contributed by atoms with Gasteiger partial charge in [-0.2, -0.15) is 0 Å². The molecule has 0 aliphatic heterocycles. The largest absolute Gasteiger partial charge is 0.380 e. The molecule has 0 saturated heterocycles. The van der Waals surface area contributed by atoms with Crippen molar-refractivity contribution in [3.8, 4) is 11.8 Å². The van der Waals surface area contributed by atoms with Gasteiger partial charge in [-0.3, -0.25) is 4.79 Å². The van der Waals surface area contributed by atoms with Crippen molar-refractivity contribution in [1.82, 2.24) is 4.90 Å². The summed E-state index contributed by atoms with van der Waals surface area (Å²) in [6.07, 6.45) is 0. The highest BCUT2D eigenvalue weighted by Crippen LogP contribution is 2.11. The molecule has 20 heavy (non-hydrogen) atoms. The van der Waals surface area contributed by atoms with Crippen LogP contribution in [0.4, 0.5) is 0 Å². The third kappa shape index (κ3) is 4.69. The van der Waals surface area contributed by atoms with E-state index in [2.05, 4.69) is 11.8 Å². The van der Waals surface area contributed by atoms with Crippen molar-refractivity contribution in [1.29, 1.82) is 0 Å². The Hall–Kier alpha value is -1.83. The number of likely N-dealkylation sites (N-methyl/N-ethyl adjacent to an activating group) is 1. The molecule has 0 aliphatic carbocycles. The van der Waals surface area contributed by atoms with E-state index in [1.54, 1.807) is 18.0 Å². The van der Waals surface area contributed by atoms with Crippen LogP contribution >= 0.6 is 0 Å². The van der Waals surface area contributed by atoms with E-state index in [-0.39, 0.29) is 5.91 Å². The molecular formula is C16H22N2O2. The van der Waals surface area contributed by atoms with Crippen LogP contribution in [0.3, 0.4) is 0 Å². The maximum absolute atomic E-state index is 12.2. The molecule has 0 atom stereocenters. The van der Waals surface area contributed by atoms with Crippen LogP contribution in [0.1, 0.15) is 28.4 Å². The highest BCUT2D eigenvalue weighted by Gasteiger charge is 2.12. The Labute approximate surface area is 120 Å². The van der Waals surface area contributed by atoms with Gasteiger partial charge in [0.15, 0.2) is 0 Å². The fourth-order valence-corrected chi connectivity index (χ4v) is 1.75. The Bertz CT molecular complexity index is 515. The van der Waals surface area contributed by atoms with Gasteiger partial charge in [0.05, 0.1) is 13.2 Å². The minimum Gasteiger partial charge on any atom is -0.380 e. The molecule has 1 amide bonds. The topological polar surface area (TPSA) is 55.6 Å². The van der Waals surface area contributed by atoms with Crippen molar-refractivity contribution in [2.45, 2.75) is 13.8 Å². The molecule has 108 valence electrons. The highest BCUT2D eigenvalue weighted by molar-refractivity contribution is 5.94. The molecule has 0 aliphatic rings. The molecule has 0 heterocycles. The van der Waals surface area contributed by atoms with Gasteiger partial charge in [-0.15, -0.1) is 0 Å². The predicted molar refractivity (Wildman–Crippen MR) is 80.6 cm³/mol. The fourth-order valence-electron chi connectivity index (χ4n) is 1.75. The van der Waals surface area contributed by atoms with Gasteiger partial charge in [0.25, 0.3) is 5.91 Å². The maximum atomic E-state index is 12.2. The number of ether oxygens (including phenoxy) is 1. The van der Waals surface area contributed by atoms with Crippen LogP contribution in [0.5, 0.6) is 0 Å². The zero-order chi connectivity index (χ0) is 15.0. The second-order valence-corrected chi connectivity index (χ2v) is 4.46. The van der Waals surface area contributed by atoms with Crippen molar-refractivity contribution in [2.75, 3.05) is 33.4 Å². The first-order chi connectivity index (χ1) is 9.60. The van der Waals surface area contributed by atoms with E-state index in [9.17, 15) is 4.79 Å². The average Bonchev–Trinajstić information content (AvgIpc) is 2.45. The van der Waals surface area contributed by atoms with Crippen molar-refractivity contribution in [2.24, 2.45) is 5.73 Å². The molecule has 0 unspecified atom stereocenters. The minimum absolute atomic E-state index is 0.00821. The molecule has 0 saturated carbocycles. The number of nitrogens with two attached hydrogens (primary N) is 1. The molecule has 0 spiro atoms. The van der Waals surface area contributed by atoms with Crippen LogP contribution < -0.4 is 5.73 Å². The number of carbonyl (C=O) groups is 1. The Morgan fingerprint density at radius 2 is 2.20 bits per heavy atom. The van der Waals surface area contributed by atoms with E-state index < -0.39 is 0 Å². The van der Waals surface area contributed by atoms with Gasteiger partial charge in [0, 0.05) is 31.3 Å². The summed E-state index contributed by atoms with van der Waals surface area (Å²) in [5.41, 5.74) is 7.91. The second-order valence-electron chi connectivity index (χ2n) is 4.46. The van der Waals surface area contributed by atoms with Gasteiger partial charge >= 0.3 is 0 Å². The van der Waals surface area contributed by atoms with E-state index in [1.807, 2.05) is 26.0 Å². The molecule has 4 heteroatoms. The summed E-state index contributed by atoms with van der Waals surface area (Å²) in [6.45, 7) is 6.01. The molecule has 1 aromatic rings. The van der Waals surface area contributed by atoms with Crippen LogP contribution in [-0.2, 0) is 4.74 Å². The first kappa shape index (κ1) is 16.2. The predicted octanol–water partition coefficient (Wildman–Crippen LogP) is 1.41. The highest BCUT2D eigenvalue weighted by atomic mass is 16.5. The molecule has 4 nitrogen and oxygen atoms in total. The van der Waals surface area contributed by atoms with Crippen molar-refractivity contribution in [3.63, 3.8) is 0 Å². The number of aryl methyl sites for hydroxylation is 1. The summed E-state index contributed by atoms with van der Waals surface area (Å²) in [4.78, 5) is 13.9. The lowest BCUT2D eigenvalue weighted by Crippen LogP contribution is -2.30. The number of carbonyl (C=O) groups excluding carboxylic acids is 1. The van der Waals surface area contributed by atoms with Gasteiger partial charge < -0.3 is 15.4 Å². The van der Waals surface area contributed by atoms with Gasteiger partial charge in [-0.1, -0.05) is 11.8 Å². The zero-order valence-corrected chi connectivity index (χ0v) is 12.4. The lowest BCUT2D eigenvalue weighted by Gasteiger charge is -2.17. The van der Waals surface area contributed by atoms with E-state index in [0.29, 0.717) is 31.9 Å². The fraction of sp³-hybridized carbons (Fsp3) is 0.438. The summed E-state index contributed by atoms with van der Waals surface area (Å²) in [5, 5.41) is 0. The Morgan fingerprint density at radius 1 is 1.45 bits per heavy atom. The standard InChI is InChI=1S/C16H22N2O2/c1-4-20-11-10-18(3)16(19)15-8-7-14(6-5-9-17)13(2)12-15/h7-8,12H,4,9-11,17H2,1-3H3. The second kappa shape index (κ2) is 8.36. The molecule has 0 fully saturated rings. The van der Waals surface area contributed by atoms with Gasteiger partial charge in [-0.05, 0) is 37.6 Å². The zero-order valence-electron chi connectivity index (χ0n) is 12.4. The van der Waals surface area contributed by atoms with Crippen LogP contribution in [0.15, 0.2) is 18.2 Å². The van der Waals surface area contributed by atoms with Gasteiger partial charge in [0.1, 0.15) is 0 Å². The summed E-state index contributed by atoms with van der Waals surface area (Å²) in [5.74, 6) is 5.80. The first-order valence-corrected chi connectivity index (χ1v) is 6.73. The normalized spacial score (nSPS) is 9.80. The monoisotopic (exact) mass is 274 g/mol. The van der Waals surface area contributed by atoms with E-state index >= 15 is 0 Å². The molecule has 2 N–H and O–H groups in total. The third-order valence-corrected chi connectivity index (χ3v) is 2.92. The van der Waals surface area contributed by atoms with Crippen LogP contribution in [-0.4, -0.2) is 44.2 Å². The number of rotatable bonds is 5. The maximum Gasteiger partial charge on any atom is 0.253 e. The Morgan fingerprint density at radius 3 is 2.80 bits per heavy atom. The minimum atomic E-state index is -0.00821. The Balaban J connectivity index is 2.76. The average molecular weight is 274 g/mol. The van der Waals surface area contributed by atoms with Crippen molar-refractivity contribution in [3.05, 3.63) is 34.9 Å². The van der Waals surface area contributed by atoms with Gasteiger partial charge in [0.2, 0.25) is 0 Å². The van der Waals surface area contributed by atoms with Crippen molar-refractivity contribution >= 4 is 5.91 Å². The number of hydrogen-bond acceptors (Lipinski definition) is 3. The van der Waals surface area contributed by atoms with E-state index in [0.717, 1.165) is 11.1 Å². The van der Waals surface area contributed by atoms with Crippen molar-refractivity contribution < 1.29 is 9.53 Å². The van der Waals surface area contributed by atoms with E-state index in [1.165, 1.54) is 0 Å². The molecule has 1 aromatic carbocycles.